The second kappa shape index (κ2) is 4.07. The number of esters is 1. The van der Waals surface area contributed by atoms with Gasteiger partial charge in [-0.15, -0.1) is 0 Å². The molecule has 1 fully saturated rings. The predicted octanol–water partition coefficient (Wildman–Crippen LogP) is 2.08. The van der Waals surface area contributed by atoms with Gasteiger partial charge in [0.15, 0.2) is 0 Å². The summed E-state index contributed by atoms with van der Waals surface area (Å²) >= 11 is 0. The number of carbonyl (C=O) groups excluding carboxylic acids is 1. The fourth-order valence-corrected chi connectivity index (χ4v) is 2.61. The second-order valence-electron chi connectivity index (χ2n) is 5.11. The summed E-state index contributed by atoms with van der Waals surface area (Å²) in [6, 6.07) is 0. The Balaban J connectivity index is 2.85. The third kappa shape index (κ3) is 1.81. The van der Waals surface area contributed by atoms with Gasteiger partial charge in [0.25, 0.3) is 0 Å². The van der Waals surface area contributed by atoms with Crippen LogP contribution in [0.15, 0.2) is 0 Å². The number of aliphatic carboxylic acids is 1. The van der Waals surface area contributed by atoms with E-state index < -0.39 is 17.3 Å². The molecule has 16 heavy (non-hydrogen) atoms. The molecule has 0 amide bonds. The van der Waals surface area contributed by atoms with E-state index in [1.54, 1.807) is 6.92 Å². The Hall–Kier alpha value is -1.06. The lowest BCUT2D eigenvalue weighted by Gasteiger charge is -2.21. The van der Waals surface area contributed by atoms with Crippen LogP contribution in [0.1, 0.15) is 40.0 Å². The van der Waals surface area contributed by atoms with Crippen molar-refractivity contribution in [2.45, 2.75) is 40.0 Å². The molecule has 0 spiro atoms. The number of carbonyl (C=O) groups is 2. The minimum Gasteiger partial charge on any atom is -0.481 e. The molecule has 3 atom stereocenters. The maximum absolute atomic E-state index is 11.8. The van der Waals surface area contributed by atoms with Crippen LogP contribution in [-0.4, -0.2) is 24.2 Å². The molecule has 0 heterocycles. The number of ether oxygens (including phenoxy) is 1. The van der Waals surface area contributed by atoms with Gasteiger partial charge in [-0.05, 0) is 24.7 Å². The summed E-state index contributed by atoms with van der Waals surface area (Å²) in [6.45, 7) is 5.69. The van der Waals surface area contributed by atoms with E-state index in [1.165, 1.54) is 7.11 Å². The molecule has 4 nitrogen and oxygen atoms in total. The van der Waals surface area contributed by atoms with Gasteiger partial charge in [0.2, 0.25) is 0 Å². The zero-order chi connectivity index (χ0) is 12.6. The lowest BCUT2D eigenvalue weighted by molar-refractivity contribution is -0.151. The fraction of sp³-hybridized carbons (Fsp3) is 0.833. The Morgan fingerprint density at radius 2 is 2.06 bits per heavy atom. The molecule has 0 aliphatic heterocycles. The highest BCUT2D eigenvalue weighted by molar-refractivity contribution is 5.83. The third-order valence-electron chi connectivity index (χ3n) is 4.15. The molecule has 0 radical (unpaired) electrons. The Morgan fingerprint density at radius 1 is 1.50 bits per heavy atom. The standard InChI is InChI=1S/C12H20O4/c1-5-11(3)7-12(11,10(15)16-4)6-8(2)9(13)14/h8H,5-7H2,1-4H3,(H,13,14). The molecule has 4 heteroatoms. The minimum absolute atomic E-state index is 0.0934. The van der Waals surface area contributed by atoms with Gasteiger partial charge in [0.1, 0.15) is 0 Å². The van der Waals surface area contributed by atoms with Gasteiger partial charge in [-0.2, -0.15) is 0 Å². The molecule has 1 N–H and O–H groups in total. The first-order chi connectivity index (χ1) is 7.33. The maximum atomic E-state index is 11.8. The third-order valence-corrected chi connectivity index (χ3v) is 4.15. The van der Waals surface area contributed by atoms with Crippen LogP contribution in [-0.2, 0) is 14.3 Å². The van der Waals surface area contributed by atoms with Crippen LogP contribution in [0.25, 0.3) is 0 Å². The van der Waals surface area contributed by atoms with Crippen molar-refractivity contribution >= 4 is 11.9 Å². The van der Waals surface area contributed by atoms with Crippen LogP contribution in [0.5, 0.6) is 0 Å². The van der Waals surface area contributed by atoms with Crippen LogP contribution in [0, 0.1) is 16.7 Å². The number of methoxy groups -OCH3 is 1. The second-order valence-corrected chi connectivity index (χ2v) is 5.11. The molecule has 0 aromatic carbocycles. The summed E-state index contributed by atoms with van der Waals surface area (Å²) in [6.07, 6.45) is 1.98. The summed E-state index contributed by atoms with van der Waals surface area (Å²) in [7, 11) is 1.36. The molecular weight excluding hydrogens is 208 g/mol. The van der Waals surface area contributed by atoms with Crippen LogP contribution >= 0.6 is 0 Å². The normalized spacial score (nSPS) is 34.2. The molecule has 0 bridgehead atoms. The summed E-state index contributed by atoms with van der Waals surface area (Å²) in [5.74, 6) is -1.62. The number of carboxylic acid groups (broad SMARTS) is 1. The highest BCUT2D eigenvalue weighted by atomic mass is 16.5. The zero-order valence-corrected chi connectivity index (χ0v) is 10.4. The van der Waals surface area contributed by atoms with Crippen LogP contribution in [0.2, 0.25) is 0 Å². The Bertz CT molecular complexity index is 312. The largest absolute Gasteiger partial charge is 0.481 e. The van der Waals surface area contributed by atoms with E-state index in [1.807, 2.05) is 13.8 Å². The Morgan fingerprint density at radius 3 is 2.38 bits per heavy atom. The number of hydrogen-bond donors (Lipinski definition) is 1. The smallest absolute Gasteiger partial charge is 0.312 e. The minimum atomic E-state index is -0.853. The first kappa shape index (κ1) is 13.0. The van der Waals surface area contributed by atoms with Crippen molar-refractivity contribution in [1.29, 1.82) is 0 Å². The summed E-state index contributed by atoms with van der Waals surface area (Å²) in [4.78, 5) is 22.7. The summed E-state index contributed by atoms with van der Waals surface area (Å²) < 4.78 is 4.82. The van der Waals surface area contributed by atoms with Gasteiger partial charge in [-0.25, -0.2) is 0 Å². The van der Waals surface area contributed by atoms with Crippen molar-refractivity contribution in [1.82, 2.24) is 0 Å². The monoisotopic (exact) mass is 228 g/mol. The topological polar surface area (TPSA) is 63.6 Å². The Labute approximate surface area is 96.0 Å². The summed E-state index contributed by atoms with van der Waals surface area (Å²) in [5, 5.41) is 8.92. The SMILES string of the molecule is CCC1(C)CC1(CC(C)C(=O)O)C(=O)OC. The van der Waals surface area contributed by atoms with E-state index >= 15 is 0 Å². The first-order valence-electron chi connectivity index (χ1n) is 5.64. The molecular formula is C12H20O4. The quantitative estimate of drug-likeness (QED) is 0.732. The van der Waals surface area contributed by atoms with E-state index in [-0.39, 0.29) is 11.4 Å². The van der Waals surface area contributed by atoms with Gasteiger partial charge in [-0.3, -0.25) is 9.59 Å². The number of carboxylic acids is 1. The molecule has 0 aromatic heterocycles. The molecule has 92 valence electrons. The number of hydrogen-bond acceptors (Lipinski definition) is 3. The molecule has 0 aromatic rings. The van der Waals surface area contributed by atoms with Crippen molar-refractivity contribution in [2.24, 2.45) is 16.7 Å². The van der Waals surface area contributed by atoms with Crippen molar-refractivity contribution in [3.63, 3.8) is 0 Å². The van der Waals surface area contributed by atoms with Crippen molar-refractivity contribution < 1.29 is 19.4 Å². The lowest BCUT2D eigenvalue weighted by atomic mass is 9.84. The molecule has 0 saturated heterocycles. The maximum Gasteiger partial charge on any atom is 0.312 e. The van der Waals surface area contributed by atoms with Crippen molar-refractivity contribution in [2.75, 3.05) is 7.11 Å². The highest BCUT2D eigenvalue weighted by Crippen LogP contribution is 2.69. The van der Waals surface area contributed by atoms with E-state index in [0.29, 0.717) is 6.42 Å². The van der Waals surface area contributed by atoms with E-state index in [4.69, 9.17) is 9.84 Å². The molecule has 1 rings (SSSR count). The van der Waals surface area contributed by atoms with Crippen molar-refractivity contribution in [3.05, 3.63) is 0 Å². The van der Waals surface area contributed by atoms with Crippen LogP contribution < -0.4 is 0 Å². The van der Waals surface area contributed by atoms with Gasteiger partial charge >= 0.3 is 11.9 Å². The van der Waals surface area contributed by atoms with Crippen molar-refractivity contribution in [3.8, 4) is 0 Å². The summed E-state index contributed by atoms with van der Waals surface area (Å²) in [5.41, 5.74) is -0.669. The lowest BCUT2D eigenvalue weighted by Crippen LogP contribution is -2.28. The predicted molar refractivity (Wildman–Crippen MR) is 58.9 cm³/mol. The van der Waals surface area contributed by atoms with Crippen LogP contribution in [0.4, 0.5) is 0 Å². The first-order valence-corrected chi connectivity index (χ1v) is 5.64. The highest BCUT2D eigenvalue weighted by Gasteiger charge is 2.68. The molecule has 1 aliphatic carbocycles. The fourth-order valence-electron chi connectivity index (χ4n) is 2.61. The zero-order valence-electron chi connectivity index (χ0n) is 10.4. The van der Waals surface area contributed by atoms with E-state index in [0.717, 1.165) is 12.8 Å². The van der Waals surface area contributed by atoms with Crippen LogP contribution in [0.3, 0.4) is 0 Å². The molecule has 3 unspecified atom stereocenters. The van der Waals surface area contributed by atoms with Gasteiger partial charge in [0.05, 0.1) is 18.4 Å². The molecule has 1 aliphatic rings. The van der Waals surface area contributed by atoms with E-state index in [9.17, 15) is 9.59 Å². The van der Waals surface area contributed by atoms with Gasteiger partial charge in [-0.1, -0.05) is 20.8 Å². The average Bonchev–Trinajstić information content (AvgIpc) is 2.84. The van der Waals surface area contributed by atoms with Gasteiger partial charge in [0, 0.05) is 0 Å². The van der Waals surface area contributed by atoms with E-state index in [2.05, 4.69) is 0 Å². The van der Waals surface area contributed by atoms with Gasteiger partial charge < -0.3 is 9.84 Å². The number of rotatable bonds is 5. The molecule has 1 saturated carbocycles. The average molecular weight is 228 g/mol. The Kier molecular flexibility index (Phi) is 3.31.